The number of fused-ring (bicyclic) bond motifs is 4. The SMILES string of the molecule is Cc1cc(C2C3=CCC4C(=O)N(c5cc([N+](=O)[O-])c(N(C)C)c([N+](=O)[O-])c5)C(=O)C4C3CC3C(=O)N(Nc4ccc(F)cc4)C(=O)C32c2ccc(Cl)cc2)ccc1O. The Bertz CT molecular complexity index is 2480. The van der Waals surface area contributed by atoms with Crippen LogP contribution in [-0.2, 0) is 24.6 Å². The number of hydrogen-bond acceptors (Lipinski definition) is 11. The Morgan fingerprint density at radius 2 is 1.52 bits per heavy atom. The third-order valence-corrected chi connectivity index (χ3v) is 12.2. The third-order valence-electron chi connectivity index (χ3n) is 12.0. The van der Waals surface area contributed by atoms with E-state index in [4.69, 9.17) is 11.6 Å². The van der Waals surface area contributed by atoms with Crippen LogP contribution in [0.1, 0.15) is 35.4 Å². The van der Waals surface area contributed by atoms with Gasteiger partial charge in [-0.2, -0.15) is 5.01 Å². The highest BCUT2D eigenvalue weighted by molar-refractivity contribution is 6.30. The molecule has 1 saturated carbocycles. The Kier molecular flexibility index (Phi) is 9.06. The molecule has 296 valence electrons. The molecule has 0 bridgehead atoms. The van der Waals surface area contributed by atoms with Crippen LogP contribution in [-0.4, -0.2) is 57.7 Å². The summed E-state index contributed by atoms with van der Waals surface area (Å²) < 4.78 is 13.9. The van der Waals surface area contributed by atoms with Crippen LogP contribution >= 0.6 is 11.6 Å². The zero-order valence-electron chi connectivity index (χ0n) is 31.1. The average Bonchev–Trinajstić information content (AvgIpc) is 3.57. The maximum absolute atomic E-state index is 15.3. The van der Waals surface area contributed by atoms with E-state index in [1.807, 2.05) is 0 Å². The Labute approximate surface area is 334 Å². The number of aromatic hydroxyl groups is 1. The number of amides is 4. The highest BCUT2D eigenvalue weighted by Crippen LogP contribution is 2.64. The number of nitro groups is 2. The average molecular weight is 809 g/mol. The molecule has 4 aliphatic rings. The first kappa shape index (κ1) is 38.2. The normalized spacial score (nSPS) is 24.9. The van der Waals surface area contributed by atoms with Gasteiger partial charge in [0.2, 0.25) is 11.8 Å². The topological polar surface area (TPSA) is 197 Å². The molecule has 0 spiro atoms. The minimum atomic E-state index is -1.66. The third kappa shape index (κ3) is 5.61. The number of carbonyl (C=O) groups is 4. The van der Waals surface area contributed by atoms with E-state index in [-0.39, 0.29) is 35.7 Å². The van der Waals surface area contributed by atoms with Gasteiger partial charge in [-0.15, -0.1) is 0 Å². The van der Waals surface area contributed by atoms with Gasteiger partial charge in [0.05, 0.1) is 44.4 Å². The molecule has 4 aromatic rings. The maximum atomic E-state index is 15.3. The van der Waals surface area contributed by atoms with Crippen molar-refractivity contribution in [2.45, 2.75) is 31.1 Å². The van der Waals surface area contributed by atoms with Crippen molar-refractivity contribution in [2.75, 3.05) is 29.3 Å². The van der Waals surface area contributed by atoms with Crippen LogP contribution in [0, 0.1) is 56.6 Å². The van der Waals surface area contributed by atoms with Crippen LogP contribution in [0.25, 0.3) is 0 Å². The van der Waals surface area contributed by atoms with Gasteiger partial charge in [-0.3, -0.25) is 44.8 Å². The maximum Gasteiger partial charge on any atom is 0.301 e. The quantitative estimate of drug-likeness (QED) is 0.0846. The molecular weight excluding hydrogens is 775 g/mol. The summed E-state index contributed by atoms with van der Waals surface area (Å²) in [4.78, 5) is 84.0. The van der Waals surface area contributed by atoms with Crippen LogP contribution in [0.4, 0.5) is 32.8 Å². The van der Waals surface area contributed by atoms with E-state index >= 15 is 4.79 Å². The van der Waals surface area contributed by atoms with E-state index < -0.39 is 85.7 Å². The van der Waals surface area contributed by atoms with Crippen LogP contribution in [0.15, 0.2) is 90.5 Å². The zero-order chi connectivity index (χ0) is 41.5. The molecule has 6 unspecified atom stereocenters. The number of halogens is 2. The number of imide groups is 2. The summed E-state index contributed by atoms with van der Waals surface area (Å²) in [6.07, 6.45) is 1.71. The fourth-order valence-corrected chi connectivity index (χ4v) is 9.72. The lowest BCUT2D eigenvalue weighted by molar-refractivity contribution is -0.392. The van der Waals surface area contributed by atoms with Gasteiger partial charge in [-0.05, 0) is 84.8 Å². The molecule has 17 heteroatoms. The Hall–Kier alpha value is -6.68. The second-order valence-electron chi connectivity index (χ2n) is 15.2. The Balaban J connectivity index is 1.31. The fraction of sp³-hybridized carbons (Fsp3) is 0.268. The van der Waals surface area contributed by atoms with Gasteiger partial charge in [-0.25, -0.2) is 9.29 Å². The number of rotatable bonds is 8. The van der Waals surface area contributed by atoms with Crippen LogP contribution < -0.4 is 15.2 Å². The van der Waals surface area contributed by atoms with E-state index in [1.165, 1.54) is 49.3 Å². The summed E-state index contributed by atoms with van der Waals surface area (Å²) in [7, 11) is 2.79. The molecular formula is C41H34ClFN6O9. The van der Waals surface area contributed by atoms with Crippen molar-refractivity contribution in [3.63, 3.8) is 0 Å². The molecule has 3 fully saturated rings. The van der Waals surface area contributed by atoms with Crippen LogP contribution in [0.5, 0.6) is 5.75 Å². The second kappa shape index (κ2) is 13.8. The van der Waals surface area contributed by atoms with Gasteiger partial charge in [0.15, 0.2) is 5.69 Å². The molecule has 0 radical (unpaired) electrons. The van der Waals surface area contributed by atoms with E-state index in [0.717, 1.165) is 22.0 Å². The molecule has 4 aromatic carbocycles. The summed E-state index contributed by atoms with van der Waals surface area (Å²) in [5, 5.41) is 36.3. The Morgan fingerprint density at radius 3 is 2.10 bits per heavy atom. The van der Waals surface area contributed by atoms with E-state index in [9.17, 15) is 44.1 Å². The first-order valence-electron chi connectivity index (χ1n) is 18.2. The van der Waals surface area contributed by atoms with Crippen molar-refractivity contribution >= 4 is 63.7 Å². The first-order chi connectivity index (χ1) is 27.6. The van der Waals surface area contributed by atoms with Crippen molar-refractivity contribution in [3.05, 3.63) is 138 Å². The van der Waals surface area contributed by atoms with Gasteiger partial charge in [0.25, 0.3) is 11.8 Å². The van der Waals surface area contributed by atoms with Crippen LogP contribution in [0.2, 0.25) is 5.02 Å². The molecule has 2 saturated heterocycles. The summed E-state index contributed by atoms with van der Waals surface area (Å²) in [5.41, 5.74) is 1.47. The fourth-order valence-electron chi connectivity index (χ4n) is 9.60. The molecule has 15 nitrogen and oxygen atoms in total. The van der Waals surface area contributed by atoms with Gasteiger partial charge in [0, 0.05) is 37.2 Å². The highest BCUT2D eigenvalue weighted by Gasteiger charge is 2.70. The summed E-state index contributed by atoms with van der Waals surface area (Å²) in [6.45, 7) is 1.68. The predicted octanol–water partition coefficient (Wildman–Crippen LogP) is 6.57. The molecule has 2 heterocycles. The van der Waals surface area contributed by atoms with E-state index in [0.29, 0.717) is 27.3 Å². The molecule has 2 aliphatic heterocycles. The standard InChI is InChI=1S/C41H34ClFN6O9/c1-20-16-21(4-15-33(20)50)35-27-13-14-28-34(39(53)46(37(28)51)26-17-31(48(55)56)36(45(2)3)32(18-26)49(57)58)29(27)19-30-38(52)47(44-25-11-9-24(43)10-12-25)40(54)41(30,35)22-5-7-23(42)8-6-22/h4-13,15-18,28-30,34-35,44,50H,14,19H2,1-3H3. The number of hydrazine groups is 1. The minimum Gasteiger partial charge on any atom is -0.508 e. The summed E-state index contributed by atoms with van der Waals surface area (Å²) in [5.74, 6) is -8.38. The number of anilines is 3. The first-order valence-corrected chi connectivity index (χ1v) is 18.6. The monoisotopic (exact) mass is 808 g/mol. The van der Waals surface area contributed by atoms with Crippen molar-refractivity contribution in [1.82, 2.24) is 5.01 Å². The number of aryl methyl sites for hydroxylation is 1. The number of nitrogens with one attached hydrogen (secondary N) is 1. The number of carbonyl (C=O) groups excluding carboxylic acids is 4. The largest absolute Gasteiger partial charge is 0.508 e. The van der Waals surface area contributed by atoms with Gasteiger partial charge < -0.3 is 10.0 Å². The number of benzene rings is 4. The van der Waals surface area contributed by atoms with Crippen molar-refractivity contribution < 1.29 is 38.5 Å². The number of nitrogens with zero attached hydrogens (tertiary/aromatic N) is 5. The highest BCUT2D eigenvalue weighted by atomic mass is 35.5. The zero-order valence-corrected chi connectivity index (χ0v) is 31.8. The molecule has 58 heavy (non-hydrogen) atoms. The summed E-state index contributed by atoms with van der Waals surface area (Å²) >= 11 is 6.34. The van der Waals surface area contributed by atoms with Crippen molar-refractivity contribution in [1.29, 1.82) is 0 Å². The van der Waals surface area contributed by atoms with E-state index in [2.05, 4.69) is 5.43 Å². The molecule has 6 atom stereocenters. The molecule has 2 aliphatic carbocycles. The van der Waals surface area contributed by atoms with Gasteiger partial charge >= 0.3 is 11.4 Å². The number of phenolic OH excluding ortho intramolecular Hbond substituents is 1. The van der Waals surface area contributed by atoms with Crippen LogP contribution in [0.3, 0.4) is 0 Å². The number of nitro benzene ring substituents is 2. The predicted molar refractivity (Wildman–Crippen MR) is 208 cm³/mol. The van der Waals surface area contributed by atoms with Crippen molar-refractivity contribution in [2.24, 2.45) is 23.7 Å². The minimum absolute atomic E-state index is 0.00610. The lowest BCUT2D eigenvalue weighted by atomic mass is 9.49. The Morgan fingerprint density at radius 1 is 0.879 bits per heavy atom. The number of hydrogen-bond donors (Lipinski definition) is 2. The number of phenols is 1. The molecule has 4 amide bonds. The van der Waals surface area contributed by atoms with Crippen molar-refractivity contribution in [3.8, 4) is 5.75 Å². The summed E-state index contributed by atoms with van der Waals surface area (Å²) in [6, 6.07) is 18.4. The molecule has 8 rings (SSSR count). The number of allylic oxidation sites excluding steroid dienone is 2. The lowest BCUT2D eigenvalue weighted by Crippen LogP contribution is -2.53. The van der Waals surface area contributed by atoms with Gasteiger partial charge in [0.1, 0.15) is 11.6 Å². The second-order valence-corrected chi connectivity index (χ2v) is 15.6. The smallest absolute Gasteiger partial charge is 0.301 e. The van der Waals surface area contributed by atoms with E-state index in [1.54, 1.807) is 49.4 Å². The molecule has 0 aromatic heterocycles. The lowest BCUT2D eigenvalue weighted by Gasteiger charge is -2.50. The molecule has 2 N–H and O–H groups in total. The van der Waals surface area contributed by atoms with Gasteiger partial charge in [-0.1, -0.05) is 47.5 Å².